The molecule has 5 heteroatoms. The third kappa shape index (κ3) is 5.56. The molecular weight excluding hydrogens is 294 g/mol. The van der Waals surface area contributed by atoms with Gasteiger partial charge in [-0.05, 0) is 65.7 Å². The lowest BCUT2D eigenvalue weighted by Crippen LogP contribution is -2.37. The molecule has 0 aromatic carbocycles. The van der Waals surface area contributed by atoms with Gasteiger partial charge in [0.25, 0.3) is 0 Å². The van der Waals surface area contributed by atoms with Crippen molar-refractivity contribution >= 4 is 12.1 Å². The van der Waals surface area contributed by atoms with Gasteiger partial charge in [-0.3, -0.25) is 4.79 Å². The predicted molar refractivity (Wildman–Crippen MR) is 87.9 cm³/mol. The van der Waals surface area contributed by atoms with E-state index in [2.05, 4.69) is 17.5 Å². The number of nitrogens with one attached hydrogen (secondary N) is 1. The van der Waals surface area contributed by atoms with Crippen LogP contribution in [0.5, 0.6) is 0 Å². The van der Waals surface area contributed by atoms with Gasteiger partial charge in [-0.25, -0.2) is 4.79 Å². The topological polar surface area (TPSA) is 64.6 Å². The van der Waals surface area contributed by atoms with Crippen LogP contribution in [0.2, 0.25) is 0 Å². The zero-order valence-electron chi connectivity index (χ0n) is 14.6. The Morgan fingerprint density at radius 1 is 1.43 bits per heavy atom. The van der Waals surface area contributed by atoms with Crippen molar-refractivity contribution in [2.75, 3.05) is 0 Å². The Hall–Kier alpha value is -1.52. The Bertz CT molecular complexity index is 466. The summed E-state index contributed by atoms with van der Waals surface area (Å²) in [5.74, 6) is 0.425. The first-order chi connectivity index (χ1) is 10.7. The van der Waals surface area contributed by atoms with Gasteiger partial charge in [-0.2, -0.15) is 0 Å². The summed E-state index contributed by atoms with van der Waals surface area (Å²) in [6.07, 6.45) is 8.87. The Morgan fingerprint density at radius 3 is 2.78 bits per heavy atom. The summed E-state index contributed by atoms with van der Waals surface area (Å²) in [7, 11) is 0. The number of amides is 1. The van der Waals surface area contributed by atoms with E-state index in [1.807, 2.05) is 27.7 Å². The lowest BCUT2D eigenvalue weighted by atomic mass is 9.95. The summed E-state index contributed by atoms with van der Waals surface area (Å²) in [4.78, 5) is 23.2. The molecule has 0 radical (unpaired) electrons. The number of rotatable bonds is 6. The highest BCUT2D eigenvalue weighted by molar-refractivity contribution is 5.76. The lowest BCUT2D eigenvalue weighted by molar-refractivity contribution is -0.149. The predicted octanol–water partition coefficient (Wildman–Crippen LogP) is 3.58. The van der Waals surface area contributed by atoms with Gasteiger partial charge >= 0.3 is 12.1 Å². The Morgan fingerprint density at radius 2 is 2.17 bits per heavy atom. The molecule has 2 fully saturated rings. The highest BCUT2D eigenvalue weighted by Gasteiger charge is 2.46. The molecule has 1 heterocycles. The zero-order chi connectivity index (χ0) is 17.0. The summed E-state index contributed by atoms with van der Waals surface area (Å²) >= 11 is 0. The molecule has 1 saturated heterocycles. The maximum Gasteiger partial charge on any atom is 0.407 e. The largest absolute Gasteiger partial charge is 0.462 e. The maximum absolute atomic E-state index is 11.6. The molecule has 2 rings (SSSR count). The summed E-state index contributed by atoms with van der Waals surface area (Å²) in [6.45, 7) is 7.55. The molecule has 130 valence electrons. The van der Waals surface area contributed by atoms with Crippen LogP contribution in [0.4, 0.5) is 4.79 Å². The van der Waals surface area contributed by atoms with E-state index in [1.165, 1.54) is 0 Å². The average molecular weight is 323 g/mol. The average Bonchev–Trinajstić information content (AvgIpc) is 2.94. The first-order valence-electron chi connectivity index (χ1n) is 8.61. The molecule has 1 saturated carbocycles. The zero-order valence-corrected chi connectivity index (χ0v) is 14.6. The van der Waals surface area contributed by atoms with Gasteiger partial charge < -0.3 is 14.8 Å². The molecule has 2 bridgehead atoms. The second-order valence-corrected chi connectivity index (χ2v) is 7.71. The molecule has 0 aromatic rings. The van der Waals surface area contributed by atoms with Crippen LogP contribution in [-0.2, 0) is 14.3 Å². The van der Waals surface area contributed by atoms with Crippen LogP contribution in [0.3, 0.4) is 0 Å². The van der Waals surface area contributed by atoms with E-state index in [1.54, 1.807) is 0 Å². The molecular formula is C18H29NO4. The minimum Gasteiger partial charge on any atom is -0.462 e. The van der Waals surface area contributed by atoms with Crippen molar-refractivity contribution < 1.29 is 19.1 Å². The summed E-state index contributed by atoms with van der Waals surface area (Å²) in [5.41, 5.74) is -0.464. The number of esters is 1. The highest BCUT2D eigenvalue weighted by atomic mass is 16.6. The molecule has 0 spiro atoms. The van der Waals surface area contributed by atoms with Crippen molar-refractivity contribution in [3.63, 3.8) is 0 Å². The lowest BCUT2D eigenvalue weighted by Gasteiger charge is -2.21. The van der Waals surface area contributed by atoms with Crippen LogP contribution in [-0.4, -0.2) is 29.8 Å². The second kappa shape index (κ2) is 7.37. The number of hydrogen-bond acceptors (Lipinski definition) is 4. The van der Waals surface area contributed by atoms with E-state index in [-0.39, 0.29) is 30.1 Å². The first kappa shape index (κ1) is 17.8. The van der Waals surface area contributed by atoms with E-state index >= 15 is 0 Å². The molecule has 1 amide bonds. The fraction of sp³-hybridized carbons (Fsp3) is 0.778. The number of ether oxygens (including phenoxy) is 2. The van der Waals surface area contributed by atoms with Gasteiger partial charge in [0.2, 0.25) is 0 Å². The summed E-state index contributed by atoms with van der Waals surface area (Å²) in [5, 5.41) is 2.85. The van der Waals surface area contributed by atoms with Crippen LogP contribution < -0.4 is 5.32 Å². The Kier molecular flexibility index (Phi) is 5.71. The van der Waals surface area contributed by atoms with Crippen molar-refractivity contribution in [1.29, 1.82) is 0 Å². The van der Waals surface area contributed by atoms with Gasteiger partial charge in [0.15, 0.2) is 0 Å². The minimum atomic E-state index is -0.464. The smallest absolute Gasteiger partial charge is 0.407 e. The van der Waals surface area contributed by atoms with Crippen molar-refractivity contribution in [3.8, 4) is 0 Å². The summed E-state index contributed by atoms with van der Waals surface area (Å²) in [6, 6.07) is 0.0933. The number of allylic oxidation sites excluding steroid dienone is 2. The number of fused-ring (bicyclic) bond motifs is 2. The number of unbranched alkanes of at least 4 members (excludes halogenated alkanes) is 1. The molecule has 1 aliphatic heterocycles. The van der Waals surface area contributed by atoms with E-state index in [0.29, 0.717) is 5.92 Å². The van der Waals surface area contributed by atoms with Gasteiger partial charge in [0.05, 0.1) is 5.92 Å². The fourth-order valence-corrected chi connectivity index (χ4v) is 3.25. The fourth-order valence-electron chi connectivity index (χ4n) is 3.25. The van der Waals surface area contributed by atoms with E-state index < -0.39 is 5.60 Å². The standard InChI is InChI=1S/C18H29NO4/c1-12(19-17(21)23-18(2,3)4)8-6-5-7-9-13-10-14-11-15(13)16(20)22-14/h7,9,12-15H,5-6,8,10-11H2,1-4H3,(H,19,21)/b9-7+/t12-,13+,14-,15-/m0/s1. The number of alkyl carbamates (subject to hydrolysis) is 1. The number of carbonyl (C=O) groups is 2. The number of hydrogen-bond donors (Lipinski definition) is 1. The Balaban J connectivity index is 1.59. The molecule has 23 heavy (non-hydrogen) atoms. The maximum atomic E-state index is 11.6. The molecule has 0 unspecified atom stereocenters. The summed E-state index contributed by atoms with van der Waals surface area (Å²) < 4.78 is 10.4. The van der Waals surface area contributed by atoms with Crippen molar-refractivity contribution in [1.82, 2.24) is 5.32 Å². The van der Waals surface area contributed by atoms with Gasteiger partial charge in [-0.1, -0.05) is 12.2 Å². The third-order valence-corrected chi connectivity index (χ3v) is 4.31. The minimum absolute atomic E-state index is 0.0221. The molecule has 0 aromatic heterocycles. The Labute approximate surface area is 138 Å². The van der Waals surface area contributed by atoms with Crippen LogP contribution >= 0.6 is 0 Å². The van der Waals surface area contributed by atoms with E-state index in [4.69, 9.17) is 9.47 Å². The number of carbonyl (C=O) groups excluding carboxylic acids is 2. The molecule has 5 nitrogen and oxygen atoms in total. The first-order valence-corrected chi connectivity index (χ1v) is 8.61. The SMILES string of the molecule is C[C@@H](CCC/C=C/[C@@H]1C[C@H]2C[C@@H]1C(=O)O2)NC(=O)OC(C)(C)C. The molecule has 1 N–H and O–H groups in total. The van der Waals surface area contributed by atoms with Crippen LogP contribution in [0.25, 0.3) is 0 Å². The monoisotopic (exact) mass is 323 g/mol. The van der Waals surface area contributed by atoms with E-state index in [9.17, 15) is 9.59 Å². The van der Waals surface area contributed by atoms with Crippen molar-refractivity contribution in [2.24, 2.45) is 11.8 Å². The van der Waals surface area contributed by atoms with Crippen LogP contribution in [0.1, 0.15) is 59.8 Å². The van der Waals surface area contributed by atoms with Crippen LogP contribution in [0.15, 0.2) is 12.2 Å². The third-order valence-electron chi connectivity index (χ3n) is 4.31. The van der Waals surface area contributed by atoms with Gasteiger partial charge in [0.1, 0.15) is 11.7 Å². The molecule has 1 aliphatic carbocycles. The van der Waals surface area contributed by atoms with E-state index in [0.717, 1.165) is 32.1 Å². The van der Waals surface area contributed by atoms with Crippen molar-refractivity contribution in [2.45, 2.75) is 77.5 Å². The van der Waals surface area contributed by atoms with Crippen LogP contribution in [0, 0.1) is 11.8 Å². The quantitative estimate of drug-likeness (QED) is 0.461. The van der Waals surface area contributed by atoms with Gasteiger partial charge in [0, 0.05) is 6.04 Å². The highest BCUT2D eigenvalue weighted by Crippen LogP contribution is 2.41. The van der Waals surface area contributed by atoms with Gasteiger partial charge in [-0.15, -0.1) is 0 Å². The molecule has 4 atom stereocenters. The van der Waals surface area contributed by atoms with Crippen molar-refractivity contribution in [3.05, 3.63) is 12.2 Å². The normalized spacial score (nSPS) is 28.0. The second-order valence-electron chi connectivity index (χ2n) is 7.71. The molecule has 2 aliphatic rings.